The molecule has 2 amide bonds. The van der Waals surface area contributed by atoms with E-state index in [1.807, 2.05) is 45.0 Å². The van der Waals surface area contributed by atoms with Crippen molar-refractivity contribution in [3.8, 4) is 5.75 Å². The Morgan fingerprint density at radius 1 is 1.03 bits per heavy atom. The largest absolute Gasteiger partial charge is 0.494 e. The molecule has 0 aliphatic heterocycles. The first-order chi connectivity index (χ1) is 16.5. The molecule has 0 heterocycles. The number of nitrogens with zero attached hydrogens (tertiary/aromatic N) is 2. The summed E-state index contributed by atoms with van der Waals surface area (Å²) in [5.41, 5.74) is 1.15. The molecule has 2 rings (SSSR count). The number of nitrogens with one attached hydrogen (secondary N) is 1. The van der Waals surface area contributed by atoms with E-state index in [-0.39, 0.29) is 18.5 Å². The lowest BCUT2D eigenvalue weighted by atomic mass is 10.1. The molecule has 0 spiro atoms. The predicted octanol–water partition coefficient (Wildman–Crippen LogP) is 3.95. The van der Waals surface area contributed by atoms with Crippen LogP contribution in [0.15, 0.2) is 53.0 Å². The average molecular weight is 569 g/mol. The lowest BCUT2D eigenvalue weighted by Crippen LogP contribution is -2.52. The smallest absolute Gasteiger partial charge is 0.244 e. The summed E-state index contributed by atoms with van der Waals surface area (Å²) in [5.74, 6) is -0.181. The fourth-order valence-corrected chi connectivity index (χ4v) is 4.44. The van der Waals surface area contributed by atoms with Crippen molar-refractivity contribution >= 4 is 43.5 Å². The molecule has 0 unspecified atom stereocenters. The summed E-state index contributed by atoms with van der Waals surface area (Å²) in [6.45, 7) is 7.55. The Morgan fingerprint density at radius 2 is 1.63 bits per heavy atom. The Hall–Kier alpha value is -2.59. The number of halogens is 1. The number of benzene rings is 2. The van der Waals surface area contributed by atoms with Gasteiger partial charge in [0.05, 0.1) is 18.6 Å². The SMILES string of the molecule is CCOc1ccc(N(CC(=O)N(Cc2ccc(Br)cc2)[C@H](C)C(=O)N[C@H](C)CC)S(C)(=O)=O)cc1. The van der Waals surface area contributed by atoms with Crippen LogP contribution in [0.2, 0.25) is 0 Å². The molecule has 2 aromatic rings. The monoisotopic (exact) mass is 567 g/mol. The Labute approximate surface area is 216 Å². The fraction of sp³-hybridized carbons (Fsp3) is 0.440. The van der Waals surface area contributed by atoms with Gasteiger partial charge in [-0.3, -0.25) is 13.9 Å². The minimum Gasteiger partial charge on any atom is -0.494 e. The molecule has 0 aromatic heterocycles. The number of hydrogen-bond donors (Lipinski definition) is 1. The van der Waals surface area contributed by atoms with Gasteiger partial charge in [0, 0.05) is 17.1 Å². The van der Waals surface area contributed by atoms with E-state index in [0.717, 1.165) is 27.0 Å². The third-order valence-electron chi connectivity index (χ3n) is 5.55. The molecule has 0 aliphatic rings. The van der Waals surface area contributed by atoms with E-state index in [1.165, 1.54) is 4.90 Å². The van der Waals surface area contributed by atoms with Gasteiger partial charge in [-0.2, -0.15) is 0 Å². The molecule has 2 aromatic carbocycles. The van der Waals surface area contributed by atoms with Crippen molar-refractivity contribution in [3.63, 3.8) is 0 Å². The number of carbonyl (C=O) groups excluding carboxylic acids is 2. The van der Waals surface area contributed by atoms with Crippen LogP contribution in [0, 0.1) is 0 Å². The van der Waals surface area contributed by atoms with Gasteiger partial charge in [-0.15, -0.1) is 0 Å². The number of anilines is 1. The van der Waals surface area contributed by atoms with E-state index in [2.05, 4.69) is 21.2 Å². The molecule has 8 nitrogen and oxygen atoms in total. The highest BCUT2D eigenvalue weighted by Gasteiger charge is 2.30. The van der Waals surface area contributed by atoms with Crippen molar-refractivity contribution < 1.29 is 22.7 Å². The van der Waals surface area contributed by atoms with Gasteiger partial charge in [0.15, 0.2) is 0 Å². The molecular formula is C25H34BrN3O5S. The molecular weight excluding hydrogens is 534 g/mol. The summed E-state index contributed by atoms with van der Waals surface area (Å²) in [7, 11) is -3.78. The van der Waals surface area contributed by atoms with Crippen molar-refractivity contribution in [1.82, 2.24) is 10.2 Å². The van der Waals surface area contributed by atoms with E-state index in [4.69, 9.17) is 4.74 Å². The number of sulfonamides is 1. The number of carbonyl (C=O) groups is 2. The Bertz CT molecular complexity index is 1090. The Kier molecular flexibility index (Phi) is 10.6. The van der Waals surface area contributed by atoms with Crippen LogP contribution < -0.4 is 14.4 Å². The molecule has 0 radical (unpaired) electrons. The van der Waals surface area contributed by atoms with Crippen molar-refractivity contribution in [2.75, 3.05) is 23.7 Å². The average Bonchev–Trinajstić information content (AvgIpc) is 2.81. The zero-order chi connectivity index (χ0) is 26.2. The van der Waals surface area contributed by atoms with E-state index >= 15 is 0 Å². The van der Waals surface area contributed by atoms with E-state index in [0.29, 0.717) is 18.0 Å². The van der Waals surface area contributed by atoms with Crippen LogP contribution in [0.5, 0.6) is 5.75 Å². The third-order valence-corrected chi connectivity index (χ3v) is 7.22. The topological polar surface area (TPSA) is 96.0 Å². The lowest BCUT2D eigenvalue weighted by molar-refractivity contribution is -0.139. The van der Waals surface area contributed by atoms with Gasteiger partial charge in [-0.25, -0.2) is 8.42 Å². The van der Waals surface area contributed by atoms with Gasteiger partial charge in [-0.05, 0) is 69.2 Å². The highest BCUT2D eigenvalue weighted by Crippen LogP contribution is 2.23. The molecule has 0 aliphatic carbocycles. The second kappa shape index (κ2) is 12.9. The van der Waals surface area contributed by atoms with Gasteiger partial charge >= 0.3 is 0 Å². The van der Waals surface area contributed by atoms with Crippen LogP contribution in [0.1, 0.15) is 39.7 Å². The number of rotatable bonds is 12. The zero-order valence-electron chi connectivity index (χ0n) is 20.8. The van der Waals surface area contributed by atoms with Crippen molar-refractivity contribution in [2.45, 2.75) is 52.7 Å². The molecule has 0 saturated heterocycles. The van der Waals surface area contributed by atoms with Gasteiger partial charge in [0.1, 0.15) is 18.3 Å². The number of hydrogen-bond acceptors (Lipinski definition) is 5. The van der Waals surface area contributed by atoms with Crippen LogP contribution in [0.25, 0.3) is 0 Å². The first-order valence-corrected chi connectivity index (χ1v) is 14.1. The Morgan fingerprint density at radius 3 is 2.14 bits per heavy atom. The second-order valence-electron chi connectivity index (χ2n) is 8.34. The van der Waals surface area contributed by atoms with Crippen LogP contribution in [-0.4, -0.2) is 56.6 Å². The van der Waals surface area contributed by atoms with Gasteiger partial charge in [-0.1, -0.05) is 35.0 Å². The maximum absolute atomic E-state index is 13.5. The number of ether oxygens (including phenoxy) is 1. The van der Waals surface area contributed by atoms with E-state index < -0.39 is 28.5 Å². The van der Waals surface area contributed by atoms with Crippen molar-refractivity contribution in [1.29, 1.82) is 0 Å². The maximum Gasteiger partial charge on any atom is 0.244 e. The summed E-state index contributed by atoms with van der Waals surface area (Å²) in [6.07, 6.45) is 1.80. The lowest BCUT2D eigenvalue weighted by Gasteiger charge is -2.32. The van der Waals surface area contributed by atoms with Gasteiger partial charge in [0.25, 0.3) is 0 Å². The third kappa shape index (κ3) is 8.54. The zero-order valence-corrected chi connectivity index (χ0v) is 23.2. The molecule has 35 heavy (non-hydrogen) atoms. The van der Waals surface area contributed by atoms with Crippen LogP contribution in [0.3, 0.4) is 0 Å². The van der Waals surface area contributed by atoms with Crippen molar-refractivity contribution in [2.24, 2.45) is 0 Å². The van der Waals surface area contributed by atoms with Crippen LogP contribution in [-0.2, 0) is 26.2 Å². The molecule has 0 fully saturated rings. The molecule has 0 bridgehead atoms. The number of amides is 2. The molecule has 2 atom stereocenters. The minimum absolute atomic E-state index is 0.0500. The van der Waals surface area contributed by atoms with Gasteiger partial charge < -0.3 is 15.0 Å². The highest BCUT2D eigenvalue weighted by molar-refractivity contribution is 9.10. The summed E-state index contributed by atoms with van der Waals surface area (Å²) in [4.78, 5) is 27.8. The normalized spacial score (nSPS) is 13.0. The Balaban J connectivity index is 2.35. The fourth-order valence-electron chi connectivity index (χ4n) is 3.32. The van der Waals surface area contributed by atoms with Crippen LogP contribution in [0.4, 0.5) is 5.69 Å². The summed E-state index contributed by atoms with van der Waals surface area (Å²) in [5, 5.41) is 2.91. The first-order valence-electron chi connectivity index (χ1n) is 11.5. The van der Waals surface area contributed by atoms with Crippen molar-refractivity contribution in [3.05, 3.63) is 58.6 Å². The highest BCUT2D eigenvalue weighted by atomic mass is 79.9. The summed E-state index contributed by atoms with van der Waals surface area (Å²) in [6, 6.07) is 13.1. The predicted molar refractivity (Wildman–Crippen MR) is 142 cm³/mol. The maximum atomic E-state index is 13.5. The molecule has 0 saturated carbocycles. The molecule has 10 heteroatoms. The standard InChI is InChI=1S/C25H34BrN3O5S/c1-6-18(3)27-25(31)19(4)28(16-20-8-10-21(26)11-9-20)24(30)17-29(35(5,32)33)22-12-14-23(15-13-22)34-7-2/h8-15,18-19H,6-7,16-17H2,1-5H3,(H,27,31)/t18-,19-/m1/s1. The van der Waals surface area contributed by atoms with Gasteiger partial charge in [0.2, 0.25) is 21.8 Å². The molecule has 192 valence electrons. The van der Waals surface area contributed by atoms with E-state index in [1.54, 1.807) is 31.2 Å². The second-order valence-corrected chi connectivity index (χ2v) is 11.2. The van der Waals surface area contributed by atoms with Crippen LogP contribution >= 0.6 is 15.9 Å². The summed E-state index contributed by atoms with van der Waals surface area (Å²) >= 11 is 3.40. The van der Waals surface area contributed by atoms with E-state index in [9.17, 15) is 18.0 Å². The molecule has 1 N–H and O–H groups in total. The first kappa shape index (κ1) is 28.6. The quantitative estimate of drug-likeness (QED) is 0.419. The summed E-state index contributed by atoms with van der Waals surface area (Å²) < 4.78 is 32.6. The minimum atomic E-state index is -3.78.